The van der Waals surface area contributed by atoms with Gasteiger partial charge in [-0.15, -0.1) is 0 Å². The lowest BCUT2D eigenvalue weighted by Gasteiger charge is -2.23. The Bertz CT molecular complexity index is 792. The summed E-state index contributed by atoms with van der Waals surface area (Å²) in [6.45, 7) is 1.97. The van der Waals surface area contributed by atoms with Gasteiger partial charge in [-0.1, -0.05) is 23.8 Å². The van der Waals surface area contributed by atoms with Crippen molar-refractivity contribution in [3.63, 3.8) is 0 Å². The molecule has 0 aliphatic heterocycles. The molecule has 0 spiro atoms. The van der Waals surface area contributed by atoms with Gasteiger partial charge in [0.05, 0.1) is 19.3 Å². The monoisotopic (exact) mass is 339 g/mol. The average Bonchev–Trinajstić information content (AvgIpc) is 2.97. The Morgan fingerprint density at radius 1 is 1.44 bits per heavy atom. The van der Waals surface area contributed by atoms with Crippen molar-refractivity contribution in [2.75, 3.05) is 7.11 Å². The van der Waals surface area contributed by atoms with Gasteiger partial charge in [-0.2, -0.15) is 5.10 Å². The van der Waals surface area contributed by atoms with Gasteiger partial charge in [0.1, 0.15) is 5.75 Å². The molecule has 1 unspecified atom stereocenters. The standard InChI is InChI=1S/C20H25N3O2/c1-14(11-15-7-4-5-10-19(15)25-3)12-20(24)22-17-8-6-9-18-16(17)13-21-23(18)2/h4-5,7,10,12-13,17H,6,8-9,11H2,1-3H3,(H,22,24)/b14-12+. The van der Waals surface area contributed by atoms with Crippen LogP contribution in [0.25, 0.3) is 0 Å². The van der Waals surface area contributed by atoms with Crippen molar-refractivity contribution in [1.82, 2.24) is 15.1 Å². The first-order valence-electron chi connectivity index (χ1n) is 8.69. The lowest BCUT2D eigenvalue weighted by atomic mass is 9.93. The van der Waals surface area contributed by atoms with Gasteiger partial charge in [-0.25, -0.2) is 0 Å². The van der Waals surface area contributed by atoms with E-state index in [9.17, 15) is 4.79 Å². The van der Waals surface area contributed by atoms with E-state index in [1.807, 2.05) is 49.1 Å². The fourth-order valence-electron chi connectivity index (χ4n) is 3.49. The van der Waals surface area contributed by atoms with Gasteiger partial charge in [0.25, 0.3) is 0 Å². The van der Waals surface area contributed by atoms with Crippen LogP contribution in [0.1, 0.15) is 42.6 Å². The van der Waals surface area contributed by atoms with Gasteiger partial charge in [0.2, 0.25) is 5.91 Å². The number of benzene rings is 1. The van der Waals surface area contributed by atoms with Crippen molar-refractivity contribution in [3.05, 3.63) is 58.9 Å². The third-order valence-corrected chi connectivity index (χ3v) is 4.73. The third kappa shape index (κ3) is 3.92. The average molecular weight is 339 g/mol. The molecule has 25 heavy (non-hydrogen) atoms. The van der Waals surface area contributed by atoms with Crippen LogP contribution in [0.4, 0.5) is 0 Å². The van der Waals surface area contributed by atoms with Gasteiger partial charge >= 0.3 is 0 Å². The highest BCUT2D eigenvalue weighted by Gasteiger charge is 2.24. The topological polar surface area (TPSA) is 56.1 Å². The Kier molecular flexibility index (Phi) is 5.22. The highest BCUT2D eigenvalue weighted by molar-refractivity contribution is 5.88. The van der Waals surface area contributed by atoms with Gasteiger partial charge in [-0.3, -0.25) is 9.48 Å². The smallest absolute Gasteiger partial charge is 0.244 e. The van der Waals surface area contributed by atoms with Crippen LogP contribution < -0.4 is 10.1 Å². The van der Waals surface area contributed by atoms with E-state index in [0.29, 0.717) is 6.42 Å². The summed E-state index contributed by atoms with van der Waals surface area (Å²) in [5.74, 6) is 0.803. The van der Waals surface area contributed by atoms with Crippen LogP contribution in [-0.4, -0.2) is 22.8 Å². The highest BCUT2D eigenvalue weighted by atomic mass is 16.5. The number of fused-ring (bicyclic) bond motifs is 1. The zero-order valence-electron chi connectivity index (χ0n) is 15.1. The molecule has 5 heteroatoms. The summed E-state index contributed by atoms with van der Waals surface area (Å²) >= 11 is 0. The molecule has 1 N–H and O–H groups in total. The number of carbonyl (C=O) groups is 1. The van der Waals surface area contributed by atoms with Crippen molar-refractivity contribution in [3.8, 4) is 5.75 Å². The number of nitrogens with one attached hydrogen (secondary N) is 1. The summed E-state index contributed by atoms with van der Waals surface area (Å²) in [5.41, 5.74) is 4.46. The Balaban J connectivity index is 1.67. The zero-order chi connectivity index (χ0) is 17.8. The largest absolute Gasteiger partial charge is 0.496 e. The summed E-state index contributed by atoms with van der Waals surface area (Å²) < 4.78 is 7.29. The Morgan fingerprint density at radius 3 is 3.04 bits per heavy atom. The number of carbonyl (C=O) groups excluding carboxylic acids is 1. The summed E-state index contributed by atoms with van der Waals surface area (Å²) in [5, 5.41) is 7.46. The molecular formula is C20H25N3O2. The molecular weight excluding hydrogens is 314 g/mol. The summed E-state index contributed by atoms with van der Waals surface area (Å²) in [7, 11) is 3.62. The molecule has 1 aliphatic carbocycles. The number of rotatable bonds is 5. The molecule has 132 valence electrons. The molecule has 5 nitrogen and oxygen atoms in total. The Labute approximate surface area is 148 Å². The number of allylic oxidation sites excluding steroid dienone is 1. The van der Waals surface area contributed by atoms with E-state index in [2.05, 4.69) is 10.4 Å². The minimum absolute atomic E-state index is 0.0471. The molecule has 1 aromatic heterocycles. The predicted octanol–water partition coefficient (Wildman–Crippen LogP) is 3.11. The van der Waals surface area contributed by atoms with Crippen molar-refractivity contribution in [2.45, 2.75) is 38.6 Å². The van der Waals surface area contributed by atoms with E-state index in [-0.39, 0.29) is 11.9 Å². The maximum atomic E-state index is 12.4. The van der Waals surface area contributed by atoms with Crippen molar-refractivity contribution in [2.24, 2.45) is 7.05 Å². The Hall–Kier alpha value is -2.56. The van der Waals surface area contributed by atoms with Gasteiger partial charge in [0.15, 0.2) is 0 Å². The molecule has 1 heterocycles. The molecule has 2 aromatic rings. The fraction of sp³-hybridized carbons (Fsp3) is 0.400. The number of hydrogen-bond acceptors (Lipinski definition) is 3. The Morgan fingerprint density at radius 2 is 2.24 bits per heavy atom. The summed E-state index contributed by atoms with van der Waals surface area (Å²) in [4.78, 5) is 12.4. The normalized spacial score (nSPS) is 17.1. The van der Waals surface area contributed by atoms with Crippen LogP contribution >= 0.6 is 0 Å². The molecule has 0 saturated heterocycles. The SMILES string of the molecule is COc1ccccc1C/C(C)=C/C(=O)NC1CCCc2c1cnn2C. The van der Waals surface area contributed by atoms with Crippen LogP contribution in [0, 0.1) is 0 Å². The number of aromatic nitrogens is 2. The van der Waals surface area contributed by atoms with Crippen molar-refractivity contribution in [1.29, 1.82) is 0 Å². The van der Waals surface area contributed by atoms with Crippen molar-refractivity contribution >= 4 is 5.91 Å². The first-order chi connectivity index (χ1) is 12.1. The zero-order valence-corrected chi connectivity index (χ0v) is 15.1. The number of nitrogens with zero attached hydrogens (tertiary/aromatic N) is 2. The number of aryl methyl sites for hydroxylation is 1. The molecule has 3 rings (SSSR count). The van der Waals surface area contributed by atoms with Crippen LogP contribution in [0.2, 0.25) is 0 Å². The number of ether oxygens (including phenoxy) is 1. The first kappa shape index (κ1) is 17.3. The molecule has 0 radical (unpaired) electrons. The lowest BCUT2D eigenvalue weighted by Crippen LogP contribution is -2.29. The number of amides is 1. The van der Waals surface area contributed by atoms with E-state index in [4.69, 9.17) is 4.74 Å². The van der Waals surface area contributed by atoms with Crippen LogP contribution in [0.5, 0.6) is 5.75 Å². The maximum Gasteiger partial charge on any atom is 0.244 e. The van der Waals surface area contributed by atoms with Gasteiger partial charge in [-0.05, 0) is 44.2 Å². The van der Waals surface area contributed by atoms with E-state index in [1.54, 1.807) is 13.2 Å². The van der Waals surface area contributed by atoms with Crippen LogP contribution in [0.15, 0.2) is 42.1 Å². The molecule has 1 aliphatic rings. The van der Waals surface area contributed by atoms with Gasteiger partial charge in [0, 0.05) is 24.4 Å². The minimum atomic E-state index is -0.0471. The van der Waals surface area contributed by atoms with Crippen molar-refractivity contribution < 1.29 is 9.53 Å². The maximum absolute atomic E-state index is 12.4. The molecule has 1 amide bonds. The molecule has 0 saturated carbocycles. The molecule has 1 atom stereocenters. The molecule has 0 fully saturated rings. The van der Waals surface area contributed by atoms with E-state index in [0.717, 1.165) is 41.7 Å². The first-order valence-corrected chi connectivity index (χ1v) is 8.69. The minimum Gasteiger partial charge on any atom is -0.496 e. The fourth-order valence-corrected chi connectivity index (χ4v) is 3.49. The quantitative estimate of drug-likeness (QED) is 0.852. The second kappa shape index (κ2) is 7.55. The number of methoxy groups -OCH3 is 1. The van der Waals surface area contributed by atoms with E-state index in [1.165, 1.54) is 5.69 Å². The second-order valence-corrected chi connectivity index (χ2v) is 6.60. The summed E-state index contributed by atoms with van der Waals surface area (Å²) in [6.07, 6.45) is 7.33. The third-order valence-electron chi connectivity index (χ3n) is 4.73. The molecule has 1 aromatic carbocycles. The second-order valence-electron chi connectivity index (χ2n) is 6.60. The predicted molar refractivity (Wildman–Crippen MR) is 97.5 cm³/mol. The highest BCUT2D eigenvalue weighted by Crippen LogP contribution is 2.29. The van der Waals surface area contributed by atoms with Gasteiger partial charge < -0.3 is 10.1 Å². The van der Waals surface area contributed by atoms with Crippen LogP contribution in [0.3, 0.4) is 0 Å². The summed E-state index contributed by atoms with van der Waals surface area (Å²) in [6, 6.07) is 7.95. The number of para-hydroxylation sites is 1. The van der Waals surface area contributed by atoms with E-state index < -0.39 is 0 Å². The lowest BCUT2D eigenvalue weighted by molar-refractivity contribution is -0.117. The number of hydrogen-bond donors (Lipinski definition) is 1. The molecule has 0 bridgehead atoms. The van der Waals surface area contributed by atoms with E-state index >= 15 is 0 Å². The van der Waals surface area contributed by atoms with Crippen LogP contribution in [-0.2, 0) is 24.7 Å².